The molecule has 74 valence electrons. The Hall–Kier alpha value is 0.400. The van der Waals surface area contributed by atoms with Crippen LogP contribution < -0.4 is 0 Å². The van der Waals surface area contributed by atoms with Crippen LogP contribution in [0.4, 0.5) is 0 Å². The molecule has 0 radical (unpaired) electrons. The third kappa shape index (κ3) is 10.4. The van der Waals surface area contributed by atoms with E-state index in [2.05, 4.69) is 15.9 Å². The van der Waals surface area contributed by atoms with E-state index in [9.17, 15) is 0 Å². The lowest BCUT2D eigenvalue weighted by atomic mass is 10.2. The lowest BCUT2D eigenvalue weighted by Crippen LogP contribution is -1.97. The van der Waals surface area contributed by atoms with Gasteiger partial charge in [0.25, 0.3) is 0 Å². The van der Waals surface area contributed by atoms with Gasteiger partial charge in [-0.3, -0.25) is 0 Å². The molecule has 0 saturated carbocycles. The zero-order chi connectivity index (χ0) is 9.07. The zero-order valence-corrected chi connectivity index (χ0v) is 9.18. The molecule has 3 heteroatoms. The summed E-state index contributed by atoms with van der Waals surface area (Å²) in [5.41, 5.74) is 0. The van der Waals surface area contributed by atoms with E-state index in [0.29, 0.717) is 6.61 Å². The average molecular weight is 239 g/mol. The minimum absolute atomic E-state index is 0.309. The number of aliphatic hydroxyl groups excluding tert-OH is 1. The summed E-state index contributed by atoms with van der Waals surface area (Å²) in [6.07, 6.45) is 5.40. The van der Waals surface area contributed by atoms with Gasteiger partial charge in [-0.1, -0.05) is 15.9 Å². The van der Waals surface area contributed by atoms with Crippen molar-refractivity contribution >= 4 is 15.9 Å². The van der Waals surface area contributed by atoms with Gasteiger partial charge >= 0.3 is 0 Å². The summed E-state index contributed by atoms with van der Waals surface area (Å²) in [4.78, 5) is 0. The fourth-order valence-corrected chi connectivity index (χ4v) is 1.29. The SMILES string of the molecule is OCCCCCOCCCCBr. The minimum Gasteiger partial charge on any atom is -0.396 e. The maximum Gasteiger partial charge on any atom is 0.0466 e. The quantitative estimate of drug-likeness (QED) is 0.494. The van der Waals surface area contributed by atoms with E-state index in [4.69, 9.17) is 9.84 Å². The summed E-state index contributed by atoms with van der Waals surface area (Å²) in [6.45, 7) is 2.04. The molecule has 0 atom stereocenters. The van der Waals surface area contributed by atoms with Crippen molar-refractivity contribution in [3.05, 3.63) is 0 Å². The second-order valence-electron chi connectivity index (χ2n) is 2.79. The summed E-state index contributed by atoms with van der Waals surface area (Å²) in [5, 5.41) is 9.56. The first kappa shape index (κ1) is 12.4. The van der Waals surface area contributed by atoms with Gasteiger partial charge in [0, 0.05) is 25.2 Å². The highest BCUT2D eigenvalue weighted by molar-refractivity contribution is 9.09. The van der Waals surface area contributed by atoms with Crippen LogP contribution in [0, 0.1) is 0 Å². The number of hydrogen-bond donors (Lipinski definition) is 1. The van der Waals surface area contributed by atoms with Crippen LogP contribution in [-0.4, -0.2) is 30.3 Å². The molecule has 0 bridgehead atoms. The van der Waals surface area contributed by atoms with Crippen LogP contribution >= 0.6 is 15.9 Å². The second kappa shape index (κ2) is 11.4. The van der Waals surface area contributed by atoms with E-state index < -0.39 is 0 Å². The highest BCUT2D eigenvalue weighted by atomic mass is 79.9. The normalized spacial score (nSPS) is 10.5. The van der Waals surface area contributed by atoms with Crippen LogP contribution in [0.25, 0.3) is 0 Å². The van der Waals surface area contributed by atoms with E-state index in [-0.39, 0.29) is 0 Å². The van der Waals surface area contributed by atoms with Crippen LogP contribution in [0.5, 0.6) is 0 Å². The van der Waals surface area contributed by atoms with Gasteiger partial charge in [0.2, 0.25) is 0 Å². The molecule has 0 amide bonds. The van der Waals surface area contributed by atoms with Gasteiger partial charge in [-0.05, 0) is 32.1 Å². The van der Waals surface area contributed by atoms with Gasteiger partial charge in [-0.15, -0.1) is 0 Å². The Labute approximate surface area is 83.4 Å². The third-order valence-corrected chi connectivity index (χ3v) is 2.18. The molecule has 0 aliphatic rings. The van der Waals surface area contributed by atoms with E-state index >= 15 is 0 Å². The maximum absolute atomic E-state index is 8.49. The molecule has 0 aliphatic carbocycles. The number of aliphatic hydroxyl groups is 1. The van der Waals surface area contributed by atoms with Gasteiger partial charge < -0.3 is 9.84 Å². The molecule has 0 aromatic rings. The predicted molar refractivity (Wildman–Crippen MR) is 54.8 cm³/mol. The largest absolute Gasteiger partial charge is 0.396 e. The number of alkyl halides is 1. The Morgan fingerprint density at radius 1 is 0.917 bits per heavy atom. The number of hydrogen-bond acceptors (Lipinski definition) is 2. The van der Waals surface area contributed by atoms with Gasteiger partial charge in [-0.2, -0.15) is 0 Å². The first-order valence-electron chi connectivity index (χ1n) is 4.66. The summed E-state index contributed by atoms with van der Waals surface area (Å²) in [5.74, 6) is 0. The van der Waals surface area contributed by atoms with Crippen molar-refractivity contribution < 1.29 is 9.84 Å². The molecule has 0 aliphatic heterocycles. The monoisotopic (exact) mass is 238 g/mol. The van der Waals surface area contributed by atoms with Crippen molar-refractivity contribution in [3.63, 3.8) is 0 Å². The van der Waals surface area contributed by atoms with Crippen LogP contribution in [-0.2, 0) is 4.74 Å². The van der Waals surface area contributed by atoms with Crippen LogP contribution in [0.1, 0.15) is 32.1 Å². The predicted octanol–water partition coefficient (Wildman–Crippen LogP) is 2.34. The zero-order valence-electron chi connectivity index (χ0n) is 7.60. The Kier molecular flexibility index (Phi) is 11.8. The van der Waals surface area contributed by atoms with Crippen molar-refractivity contribution in [1.82, 2.24) is 0 Å². The van der Waals surface area contributed by atoms with E-state index in [1.165, 1.54) is 6.42 Å². The molecule has 2 nitrogen and oxygen atoms in total. The van der Waals surface area contributed by atoms with Crippen molar-refractivity contribution in [1.29, 1.82) is 0 Å². The third-order valence-electron chi connectivity index (χ3n) is 1.62. The average Bonchev–Trinajstić information content (AvgIpc) is 2.10. The van der Waals surface area contributed by atoms with E-state index in [1.54, 1.807) is 0 Å². The van der Waals surface area contributed by atoms with Crippen LogP contribution in [0.2, 0.25) is 0 Å². The number of halogens is 1. The number of rotatable bonds is 9. The molecule has 0 aromatic carbocycles. The summed E-state index contributed by atoms with van der Waals surface area (Å²) >= 11 is 3.37. The van der Waals surface area contributed by atoms with E-state index in [1.807, 2.05) is 0 Å². The Morgan fingerprint density at radius 2 is 1.58 bits per heavy atom. The van der Waals surface area contributed by atoms with Gasteiger partial charge in [-0.25, -0.2) is 0 Å². The highest BCUT2D eigenvalue weighted by Crippen LogP contribution is 1.97. The van der Waals surface area contributed by atoms with Gasteiger partial charge in [0.1, 0.15) is 0 Å². The smallest absolute Gasteiger partial charge is 0.0466 e. The van der Waals surface area contributed by atoms with Gasteiger partial charge in [0.15, 0.2) is 0 Å². The molecular formula is C9H19BrO2. The van der Waals surface area contributed by atoms with Gasteiger partial charge in [0.05, 0.1) is 0 Å². The lowest BCUT2D eigenvalue weighted by Gasteiger charge is -2.02. The highest BCUT2D eigenvalue weighted by Gasteiger charge is 1.89. The van der Waals surface area contributed by atoms with Crippen molar-refractivity contribution in [3.8, 4) is 0 Å². The molecule has 0 spiro atoms. The molecule has 1 N–H and O–H groups in total. The fraction of sp³-hybridized carbons (Fsp3) is 1.00. The summed E-state index contributed by atoms with van der Waals surface area (Å²) in [6, 6.07) is 0. The van der Waals surface area contributed by atoms with Crippen LogP contribution in [0.15, 0.2) is 0 Å². The lowest BCUT2D eigenvalue weighted by molar-refractivity contribution is 0.126. The summed E-state index contributed by atoms with van der Waals surface area (Å²) in [7, 11) is 0. The fourth-order valence-electron chi connectivity index (χ4n) is 0.893. The molecule has 0 fully saturated rings. The van der Waals surface area contributed by atoms with Crippen LogP contribution in [0.3, 0.4) is 0 Å². The molecule has 12 heavy (non-hydrogen) atoms. The van der Waals surface area contributed by atoms with Crippen molar-refractivity contribution in [2.75, 3.05) is 25.2 Å². The standard InChI is InChI=1S/C9H19BrO2/c10-6-2-5-9-12-8-4-1-3-7-11/h11H,1-9H2. The first-order chi connectivity index (χ1) is 5.91. The van der Waals surface area contributed by atoms with E-state index in [0.717, 1.165) is 44.2 Å². The second-order valence-corrected chi connectivity index (χ2v) is 3.59. The molecule has 0 aromatic heterocycles. The Bertz CT molecular complexity index is 68.9. The molecule has 0 saturated heterocycles. The topological polar surface area (TPSA) is 29.5 Å². The minimum atomic E-state index is 0.309. The molecule has 0 heterocycles. The summed E-state index contributed by atoms with van der Waals surface area (Å²) < 4.78 is 5.38. The molecular weight excluding hydrogens is 220 g/mol. The first-order valence-corrected chi connectivity index (χ1v) is 5.78. The Balaban J connectivity index is 2.73. The Morgan fingerprint density at radius 3 is 2.17 bits per heavy atom. The molecule has 0 unspecified atom stereocenters. The number of ether oxygens (including phenoxy) is 1. The number of unbranched alkanes of at least 4 members (excludes halogenated alkanes) is 3. The molecule has 0 rings (SSSR count). The van der Waals surface area contributed by atoms with Crippen molar-refractivity contribution in [2.45, 2.75) is 32.1 Å². The van der Waals surface area contributed by atoms with Crippen molar-refractivity contribution in [2.24, 2.45) is 0 Å². The maximum atomic E-state index is 8.49.